The number of benzene rings is 1. The fraction of sp³-hybridized carbons (Fsp3) is 0.350. The van der Waals surface area contributed by atoms with E-state index in [1.54, 1.807) is 42.7 Å². The van der Waals surface area contributed by atoms with Gasteiger partial charge in [0.2, 0.25) is 11.9 Å². The maximum absolute atomic E-state index is 12.1. The van der Waals surface area contributed by atoms with Crippen molar-refractivity contribution >= 4 is 35.0 Å². The molecule has 1 saturated heterocycles. The maximum Gasteiger partial charge on any atom is 0.313 e. The van der Waals surface area contributed by atoms with Crippen LogP contribution in [-0.4, -0.2) is 47.3 Å². The van der Waals surface area contributed by atoms with Gasteiger partial charge in [0.25, 0.3) is 0 Å². The van der Waals surface area contributed by atoms with Crippen LogP contribution in [0.2, 0.25) is 0 Å². The smallest absolute Gasteiger partial charge is 0.313 e. The zero-order valence-electron chi connectivity index (χ0n) is 16.2. The number of nitrogens with one attached hydrogen (secondary N) is 3. The van der Waals surface area contributed by atoms with E-state index in [1.807, 2.05) is 0 Å². The lowest BCUT2D eigenvalue weighted by molar-refractivity contribution is -0.136. The van der Waals surface area contributed by atoms with Gasteiger partial charge in [0.1, 0.15) is 0 Å². The number of hydrogen-bond acceptors (Lipinski definition) is 6. The summed E-state index contributed by atoms with van der Waals surface area (Å²) in [5, 5.41) is 7.88. The summed E-state index contributed by atoms with van der Waals surface area (Å²) >= 11 is 0. The number of amides is 3. The zero-order valence-corrected chi connectivity index (χ0v) is 16.2. The molecule has 0 bridgehead atoms. The Morgan fingerprint density at radius 1 is 1.00 bits per heavy atom. The van der Waals surface area contributed by atoms with Crippen molar-refractivity contribution in [2.75, 3.05) is 35.2 Å². The van der Waals surface area contributed by atoms with E-state index in [0.717, 1.165) is 31.9 Å². The standard InChI is InChI=1S/C20H24N6O3/c1-14(27)24-16-4-2-5-17(12-16)25-19(29)18(28)23-13-15-6-10-26(11-7-15)20-21-8-3-9-22-20/h2-5,8-9,12,15H,6-7,10-11,13H2,1H3,(H,23,28)(H,24,27)(H,25,29). The molecule has 2 heterocycles. The monoisotopic (exact) mass is 396 g/mol. The first kappa shape index (κ1) is 20.2. The second kappa shape index (κ2) is 9.63. The van der Waals surface area contributed by atoms with Gasteiger partial charge in [-0.15, -0.1) is 0 Å². The summed E-state index contributed by atoms with van der Waals surface area (Å²) in [6, 6.07) is 8.41. The van der Waals surface area contributed by atoms with Crippen LogP contribution in [0.15, 0.2) is 42.7 Å². The molecule has 0 spiro atoms. The van der Waals surface area contributed by atoms with Crippen molar-refractivity contribution in [1.29, 1.82) is 0 Å². The predicted octanol–water partition coefficient (Wildman–Crippen LogP) is 1.41. The normalized spacial score (nSPS) is 14.2. The van der Waals surface area contributed by atoms with Gasteiger partial charge in [0.05, 0.1) is 0 Å². The highest BCUT2D eigenvalue weighted by Gasteiger charge is 2.22. The number of aromatic nitrogens is 2. The minimum absolute atomic E-state index is 0.212. The Morgan fingerprint density at radius 3 is 2.31 bits per heavy atom. The third-order valence-electron chi connectivity index (χ3n) is 4.65. The van der Waals surface area contributed by atoms with E-state index in [-0.39, 0.29) is 5.91 Å². The molecule has 1 aliphatic heterocycles. The van der Waals surface area contributed by atoms with Crippen molar-refractivity contribution in [2.45, 2.75) is 19.8 Å². The highest BCUT2D eigenvalue weighted by Crippen LogP contribution is 2.19. The van der Waals surface area contributed by atoms with Crippen LogP contribution < -0.4 is 20.9 Å². The number of nitrogens with zero attached hydrogens (tertiary/aromatic N) is 3. The summed E-state index contributed by atoms with van der Waals surface area (Å²) in [4.78, 5) is 46.0. The zero-order chi connectivity index (χ0) is 20.6. The van der Waals surface area contributed by atoms with E-state index in [4.69, 9.17) is 0 Å². The molecule has 0 unspecified atom stereocenters. The Morgan fingerprint density at radius 2 is 1.66 bits per heavy atom. The molecule has 1 aromatic carbocycles. The summed E-state index contributed by atoms with van der Waals surface area (Å²) in [5.74, 6) is -0.606. The number of rotatable bonds is 5. The van der Waals surface area contributed by atoms with E-state index < -0.39 is 11.8 Å². The lowest BCUT2D eigenvalue weighted by atomic mass is 9.97. The van der Waals surface area contributed by atoms with Crippen molar-refractivity contribution in [1.82, 2.24) is 15.3 Å². The molecule has 1 fully saturated rings. The molecule has 0 saturated carbocycles. The average molecular weight is 396 g/mol. The second-order valence-electron chi connectivity index (χ2n) is 6.91. The highest BCUT2D eigenvalue weighted by atomic mass is 16.2. The van der Waals surface area contributed by atoms with Gasteiger partial charge in [0, 0.05) is 50.3 Å². The quantitative estimate of drug-likeness (QED) is 0.658. The summed E-state index contributed by atoms with van der Waals surface area (Å²) in [5.41, 5.74) is 0.984. The molecular formula is C20H24N6O3. The van der Waals surface area contributed by atoms with Gasteiger partial charge < -0.3 is 20.9 Å². The van der Waals surface area contributed by atoms with Crippen molar-refractivity contribution in [3.05, 3.63) is 42.7 Å². The molecule has 9 nitrogen and oxygen atoms in total. The van der Waals surface area contributed by atoms with Gasteiger partial charge in [0.15, 0.2) is 0 Å². The first-order chi connectivity index (χ1) is 14.0. The van der Waals surface area contributed by atoms with E-state index in [0.29, 0.717) is 23.8 Å². The van der Waals surface area contributed by atoms with Crippen LogP contribution in [0.3, 0.4) is 0 Å². The molecule has 1 aliphatic rings. The van der Waals surface area contributed by atoms with Crippen molar-refractivity contribution in [3.8, 4) is 0 Å². The van der Waals surface area contributed by atoms with Crippen molar-refractivity contribution in [3.63, 3.8) is 0 Å². The number of piperidine rings is 1. The van der Waals surface area contributed by atoms with Gasteiger partial charge in [-0.3, -0.25) is 14.4 Å². The van der Waals surface area contributed by atoms with E-state index >= 15 is 0 Å². The van der Waals surface area contributed by atoms with Crippen molar-refractivity contribution < 1.29 is 14.4 Å². The van der Waals surface area contributed by atoms with Crippen LogP contribution in [0.5, 0.6) is 0 Å². The lowest BCUT2D eigenvalue weighted by Crippen LogP contribution is -2.42. The average Bonchev–Trinajstić information content (AvgIpc) is 2.73. The third-order valence-corrected chi connectivity index (χ3v) is 4.65. The highest BCUT2D eigenvalue weighted by molar-refractivity contribution is 6.39. The van der Waals surface area contributed by atoms with Gasteiger partial charge in [-0.05, 0) is 43.0 Å². The maximum atomic E-state index is 12.1. The van der Waals surface area contributed by atoms with Crippen LogP contribution in [0.4, 0.5) is 17.3 Å². The Balaban J connectivity index is 1.43. The minimum atomic E-state index is -0.736. The molecule has 29 heavy (non-hydrogen) atoms. The molecule has 0 radical (unpaired) electrons. The van der Waals surface area contributed by atoms with E-state index in [1.165, 1.54) is 6.92 Å². The van der Waals surface area contributed by atoms with Gasteiger partial charge in [-0.2, -0.15) is 0 Å². The molecule has 3 rings (SSSR count). The predicted molar refractivity (Wildman–Crippen MR) is 109 cm³/mol. The van der Waals surface area contributed by atoms with Crippen LogP contribution in [-0.2, 0) is 14.4 Å². The fourth-order valence-electron chi connectivity index (χ4n) is 3.17. The summed E-state index contributed by atoms with van der Waals surface area (Å²) < 4.78 is 0. The molecule has 2 aromatic rings. The SMILES string of the molecule is CC(=O)Nc1cccc(NC(=O)C(=O)NCC2CCN(c3ncccn3)CC2)c1. The topological polar surface area (TPSA) is 116 Å². The molecule has 3 N–H and O–H groups in total. The van der Waals surface area contributed by atoms with E-state index in [9.17, 15) is 14.4 Å². The number of carbonyl (C=O) groups excluding carboxylic acids is 3. The van der Waals surface area contributed by atoms with Crippen LogP contribution >= 0.6 is 0 Å². The largest absolute Gasteiger partial charge is 0.348 e. The van der Waals surface area contributed by atoms with Gasteiger partial charge >= 0.3 is 11.8 Å². The van der Waals surface area contributed by atoms with Crippen molar-refractivity contribution in [2.24, 2.45) is 5.92 Å². The number of carbonyl (C=O) groups is 3. The third kappa shape index (κ3) is 6.00. The molecule has 1 aromatic heterocycles. The minimum Gasteiger partial charge on any atom is -0.348 e. The molecule has 152 valence electrons. The Kier molecular flexibility index (Phi) is 6.72. The van der Waals surface area contributed by atoms with Crippen LogP contribution in [0, 0.1) is 5.92 Å². The Hall–Kier alpha value is -3.49. The summed E-state index contributed by atoms with van der Waals surface area (Å²) in [7, 11) is 0. The molecule has 0 aliphatic carbocycles. The van der Waals surface area contributed by atoms with Gasteiger partial charge in [-0.25, -0.2) is 9.97 Å². The first-order valence-corrected chi connectivity index (χ1v) is 9.50. The first-order valence-electron chi connectivity index (χ1n) is 9.50. The lowest BCUT2D eigenvalue weighted by Gasteiger charge is -2.31. The number of anilines is 3. The molecular weight excluding hydrogens is 372 g/mol. The second-order valence-corrected chi connectivity index (χ2v) is 6.91. The fourth-order valence-corrected chi connectivity index (χ4v) is 3.17. The van der Waals surface area contributed by atoms with Gasteiger partial charge in [-0.1, -0.05) is 6.07 Å². The molecule has 3 amide bonds. The molecule has 9 heteroatoms. The van der Waals surface area contributed by atoms with Crippen LogP contribution in [0.1, 0.15) is 19.8 Å². The summed E-state index contributed by atoms with van der Waals surface area (Å²) in [6.45, 7) is 3.47. The Labute approximate surface area is 168 Å². The molecule has 0 atom stereocenters. The van der Waals surface area contributed by atoms with Crippen LogP contribution in [0.25, 0.3) is 0 Å². The number of hydrogen-bond donors (Lipinski definition) is 3. The Bertz CT molecular complexity index is 866. The summed E-state index contributed by atoms with van der Waals surface area (Å²) in [6.07, 6.45) is 5.22. The van der Waals surface area contributed by atoms with E-state index in [2.05, 4.69) is 30.8 Å².